The number of benzene rings is 1. The van der Waals surface area contributed by atoms with Crippen molar-refractivity contribution in [3.63, 3.8) is 0 Å². The first-order chi connectivity index (χ1) is 11.1. The van der Waals surface area contributed by atoms with Crippen LogP contribution in [-0.4, -0.2) is 56.4 Å². The fraction of sp³-hybridized carbons (Fsp3) is 0.562. The van der Waals surface area contributed by atoms with Crippen LogP contribution in [0.5, 0.6) is 11.5 Å². The van der Waals surface area contributed by atoms with Gasteiger partial charge in [-0.3, -0.25) is 4.79 Å². The highest BCUT2D eigenvalue weighted by Crippen LogP contribution is 2.37. The van der Waals surface area contributed by atoms with Gasteiger partial charge >= 0.3 is 0 Å². The lowest BCUT2D eigenvalue weighted by atomic mass is 10.2. The molecule has 2 heterocycles. The van der Waals surface area contributed by atoms with Crippen LogP contribution in [0.2, 0.25) is 5.02 Å². The standard InChI is InChI=1S/C16H21ClN2O4/c1-11-10-19(3-6-21-11)16(20)9-18-13-8-15-14(7-12(13)17)22-4-2-5-23-15/h7-8,11,18H,2-6,9-10H2,1H3/t11-/m0/s1. The molecule has 1 N–H and O–H groups in total. The molecule has 0 spiro atoms. The summed E-state index contributed by atoms with van der Waals surface area (Å²) in [6, 6.07) is 3.52. The molecule has 2 aliphatic heterocycles. The topological polar surface area (TPSA) is 60.0 Å². The molecule has 23 heavy (non-hydrogen) atoms. The van der Waals surface area contributed by atoms with Gasteiger partial charge in [-0.2, -0.15) is 0 Å². The van der Waals surface area contributed by atoms with Gasteiger partial charge in [-0.25, -0.2) is 0 Å². The van der Waals surface area contributed by atoms with Gasteiger partial charge in [0.15, 0.2) is 11.5 Å². The molecule has 0 radical (unpaired) electrons. The quantitative estimate of drug-likeness (QED) is 0.913. The molecule has 126 valence electrons. The van der Waals surface area contributed by atoms with Crippen molar-refractivity contribution < 1.29 is 19.0 Å². The van der Waals surface area contributed by atoms with Crippen LogP contribution in [0.4, 0.5) is 5.69 Å². The Kier molecular flexibility index (Phi) is 5.13. The minimum atomic E-state index is 0.0309. The van der Waals surface area contributed by atoms with E-state index in [4.69, 9.17) is 25.8 Å². The molecule has 3 rings (SSSR count). The fourth-order valence-corrected chi connectivity index (χ4v) is 2.87. The number of nitrogens with one attached hydrogen (secondary N) is 1. The van der Waals surface area contributed by atoms with Gasteiger partial charge in [0.1, 0.15) is 0 Å². The molecule has 0 aliphatic carbocycles. The molecule has 1 amide bonds. The number of ether oxygens (including phenoxy) is 3. The van der Waals surface area contributed by atoms with Gasteiger partial charge in [0.05, 0.1) is 43.2 Å². The number of carbonyl (C=O) groups excluding carboxylic acids is 1. The number of amides is 1. The van der Waals surface area contributed by atoms with Gasteiger partial charge in [-0.1, -0.05) is 11.6 Å². The Morgan fingerprint density at radius 3 is 2.78 bits per heavy atom. The van der Waals surface area contributed by atoms with E-state index >= 15 is 0 Å². The molecule has 0 saturated carbocycles. The average molecular weight is 341 g/mol. The monoisotopic (exact) mass is 340 g/mol. The van der Waals surface area contributed by atoms with Crippen LogP contribution in [0.15, 0.2) is 12.1 Å². The van der Waals surface area contributed by atoms with Gasteiger partial charge in [-0.05, 0) is 6.92 Å². The van der Waals surface area contributed by atoms with E-state index in [-0.39, 0.29) is 18.6 Å². The van der Waals surface area contributed by atoms with Gasteiger partial charge < -0.3 is 24.4 Å². The van der Waals surface area contributed by atoms with Crippen molar-refractivity contribution in [3.05, 3.63) is 17.2 Å². The van der Waals surface area contributed by atoms with Crippen molar-refractivity contribution in [2.24, 2.45) is 0 Å². The second-order valence-electron chi connectivity index (χ2n) is 5.70. The van der Waals surface area contributed by atoms with Crippen molar-refractivity contribution in [1.82, 2.24) is 4.90 Å². The fourth-order valence-electron chi connectivity index (χ4n) is 2.65. The van der Waals surface area contributed by atoms with Crippen LogP contribution in [-0.2, 0) is 9.53 Å². The Labute approximate surface area is 140 Å². The summed E-state index contributed by atoms with van der Waals surface area (Å²) in [6.07, 6.45) is 0.914. The number of hydrogen-bond acceptors (Lipinski definition) is 5. The normalized spacial score (nSPS) is 20.8. The second-order valence-corrected chi connectivity index (χ2v) is 6.11. The molecule has 1 saturated heterocycles. The van der Waals surface area contributed by atoms with Crippen LogP contribution in [0, 0.1) is 0 Å². The first-order valence-corrected chi connectivity index (χ1v) is 8.23. The molecule has 1 atom stereocenters. The molecule has 7 heteroatoms. The summed E-state index contributed by atoms with van der Waals surface area (Å²) in [6.45, 7) is 5.20. The summed E-state index contributed by atoms with van der Waals surface area (Å²) in [5.41, 5.74) is 0.672. The van der Waals surface area contributed by atoms with E-state index in [2.05, 4.69) is 5.32 Å². The third-order valence-corrected chi connectivity index (χ3v) is 4.17. The van der Waals surface area contributed by atoms with E-state index in [1.807, 2.05) is 6.92 Å². The van der Waals surface area contributed by atoms with Crippen molar-refractivity contribution in [1.29, 1.82) is 0 Å². The lowest BCUT2D eigenvalue weighted by Crippen LogP contribution is -2.46. The van der Waals surface area contributed by atoms with E-state index < -0.39 is 0 Å². The van der Waals surface area contributed by atoms with Crippen molar-refractivity contribution in [2.75, 3.05) is 44.8 Å². The van der Waals surface area contributed by atoms with E-state index in [0.29, 0.717) is 55.1 Å². The largest absolute Gasteiger partial charge is 0.490 e. The van der Waals surface area contributed by atoms with Crippen molar-refractivity contribution in [2.45, 2.75) is 19.4 Å². The lowest BCUT2D eigenvalue weighted by molar-refractivity contribution is -0.136. The number of rotatable bonds is 3. The molecule has 0 unspecified atom stereocenters. The second kappa shape index (κ2) is 7.27. The Bertz CT molecular complexity index is 581. The molecule has 0 aromatic heterocycles. The zero-order valence-corrected chi connectivity index (χ0v) is 13.9. The van der Waals surface area contributed by atoms with E-state index in [1.54, 1.807) is 17.0 Å². The summed E-state index contributed by atoms with van der Waals surface area (Å²) >= 11 is 6.26. The zero-order valence-electron chi connectivity index (χ0n) is 13.1. The predicted molar refractivity (Wildman–Crippen MR) is 87.5 cm³/mol. The number of fused-ring (bicyclic) bond motifs is 1. The third-order valence-electron chi connectivity index (χ3n) is 3.86. The molecule has 0 bridgehead atoms. The van der Waals surface area contributed by atoms with Crippen LogP contribution < -0.4 is 14.8 Å². The number of morpholine rings is 1. The van der Waals surface area contributed by atoms with E-state index in [0.717, 1.165) is 6.42 Å². The highest BCUT2D eigenvalue weighted by atomic mass is 35.5. The summed E-state index contributed by atoms with van der Waals surface area (Å²) in [5, 5.41) is 3.61. The first-order valence-electron chi connectivity index (χ1n) is 7.86. The van der Waals surface area contributed by atoms with Crippen LogP contribution in [0.1, 0.15) is 13.3 Å². The van der Waals surface area contributed by atoms with Gasteiger partial charge in [0.2, 0.25) is 5.91 Å². The zero-order chi connectivity index (χ0) is 16.2. The third kappa shape index (κ3) is 4.00. The van der Waals surface area contributed by atoms with Gasteiger partial charge in [0, 0.05) is 31.6 Å². The maximum absolute atomic E-state index is 12.3. The number of nitrogens with zero attached hydrogens (tertiary/aromatic N) is 1. The molecular formula is C16H21ClN2O4. The molecule has 6 nitrogen and oxygen atoms in total. The van der Waals surface area contributed by atoms with Crippen molar-refractivity contribution >= 4 is 23.2 Å². The highest BCUT2D eigenvalue weighted by molar-refractivity contribution is 6.33. The van der Waals surface area contributed by atoms with E-state index in [9.17, 15) is 4.79 Å². The summed E-state index contributed by atoms with van der Waals surface area (Å²) in [7, 11) is 0. The van der Waals surface area contributed by atoms with Crippen LogP contribution >= 0.6 is 11.6 Å². The molecular weight excluding hydrogens is 320 g/mol. The number of halogens is 1. The highest BCUT2D eigenvalue weighted by Gasteiger charge is 2.21. The number of anilines is 1. The maximum Gasteiger partial charge on any atom is 0.242 e. The number of hydrogen-bond donors (Lipinski definition) is 1. The average Bonchev–Trinajstić information content (AvgIpc) is 2.77. The number of carbonyl (C=O) groups is 1. The Morgan fingerprint density at radius 2 is 2.04 bits per heavy atom. The van der Waals surface area contributed by atoms with Gasteiger partial charge in [-0.15, -0.1) is 0 Å². The van der Waals surface area contributed by atoms with Crippen LogP contribution in [0.25, 0.3) is 0 Å². The molecule has 1 aromatic rings. The van der Waals surface area contributed by atoms with Crippen LogP contribution in [0.3, 0.4) is 0 Å². The summed E-state index contributed by atoms with van der Waals surface area (Å²) in [5.74, 6) is 1.33. The lowest BCUT2D eigenvalue weighted by Gasteiger charge is -2.31. The SMILES string of the molecule is C[C@H]1CN(C(=O)CNc2cc3c(cc2Cl)OCCCO3)CCO1. The van der Waals surface area contributed by atoms with Crippen molar-refractivity contribution in [3.8, 4) is 11.5 Å². The summed E-state index contributed by atoms with van der Waals surface area (Å²) < 4.78 is 16.7. The molecule has 1 fully saturated rings. The Balaban J connectivity index is 1.63. The van der Waals surface area contributed by atoms with Gasteiger partial charge in [0.25, 0.3) is 0 Å². The molecule has 1 aromatic carbocycles. The summed E-state index contributed by atoms with van der Waals surface area (Å²) in [4.78, 5) is 14.1. The Hall–Kier alpha value is -1.66. The minimum Gasteiger partial charge on any atom is -0.490 e. The maximum atomic E-state index is 12.3. The molecule has 2 aliphatic rings. The Morgan fingerprint density at radius 1 is 1.30 bits per heavy atom. The smallest absolute Gasteiger partial charge is 0.242 e. The first kappa shape index (κ1) is 16.2. The van der Waals surface area contributed by atoms with E-state index in [1.165, 1.54) is 0 Å². The predicted octanol–water partition coefficient (Wildman–Crippen LogP) is 2.16. The minimum absolute atomic E-state index is 0.0309.